The number of nitrogens with one attached hydrogen (secondary N) is 2. The topological polar surface area (TPSA) is 84.0 Å². The molecule has 0 aliphatic carbocycles. The van der Waals surface area contributed by atoms with Crippen molar-refractivity contribution < 1.29 is 9.59 Å². The van der Waals surface area contributed by atoms with Crippen LogP contribution in [0.5, 0.6) is 0 Å². The maximum absolute atomic E-state index is 11.4. The second-order valence-electron chi connectivity index (χ2n) is 3.12. The molecule has 0 aliphatic rings. The summed E-state index contributed by atoms with van der Waals surface area (Å²) in [6.07, 6.45) is 5.11. The van der Waals surface area contributed by atoms with E-state index in [-0.39, 0.29) is 18.1 Å². The van der Waals surface area contributed by atoms with Crippen molar-refractivity contribution in [3.05, 3.63) is 24.3 Å². The van der Waals surface area contributed by atoms with Crippen molar-refractivity contribution in [1.29, 1.82) is 0 Å². The lowest BCUT2D eigenvalue weighted by molar-refractivity contribution is -0.120. The maximum Gasteiger partial charge on any atom is 0.271 e. The van der Waals surface area contributed by atoms with Crippen LogP contribution in [-0.2, 0) is 4.79 Å². The van der Waals surface area contributed by atoms with Gasteiger partial charge in [-0.15, -0.1) is 0 Å². The minimum atomic E-state index is -0.403. The standard InChI is InChI=1S/C10H14N4O2/c1-2-3-13-9(15)7-14-10(16)8-6-11-4-5-12-8/h4-6H,2-3,7H2,1H3,(H,13,15)(H,14,16). The summed E-state index contributed by atoms with van der Waals surface area (Å²) in [7, 11) is 0. The first-order chi connectivity index (χ1) is 7.74. The molecule has 0 radical (unpaired) electrons. The Balaban J connectivity index is 2.33. The largest absolute Gasteiger partial charge is 0.355 e. The summed E-state index contributed by atoms with van der Waals surface area (Å²) in [6.45, 7) is 2.52. The van der Waals surface area contributed by atoms with Gasteiger partial charge < -0.3 is 10.6 Å². The number of rotatable bonds is 5. The van der Waals surface area contributed by atoms with Crippen LogP contribution in [0.25, 0.3) is 0 Å². The number of aromatic nitrogens is 2. The van der Waals surface area contributed by atoms with E-state index in [1.54, 1.807) is 0 Å². The first-order valence-corrected chi connectivity index (χ1v) is 5.05. The van der Waals surface area contributed by atoms with E-state index in [1.165, 1.54) is 18.6 Å². The van der Waals surface area contributed by atoms with Gasteiger partial charge in [-0.3, -0.25) is 14.6 Å². The van der Waals surface area contributed by atoms with E-state index in [2.05, 4.69) is 20.6 Å². The van der Waals surface area contributed by atoms with Crippen LogP contribution >= 0.6 is 0 Å². The van der Waals surface area contributed by atoms with Crippen molar-refractivity contribution in [1.82, 2.24) is 20.6 Å². The zero-order valence-corrected chi connectivity index (χ0v) is 9.06. The lowest BCUT2D eigenvalue weighted by Crippen LogP contribution is -2.37. The van der Waals surface area contributed by atoms with Crippen LogP contribution < -0.4 is 10.6 Å². The molecule has 1 heterocycles. The summed E-state index contributed by atoms with van der Waals surface area (Å²) in [5.41, 5.74) is 0.200. The molecule has 6 nitrogen and oxygen atoms in total. The van der Waals surface area contributed by atoms with Gasteiger partial charge in [-0.2, -0.15) is 0 Å². The zero-order chi connectivity index (χ0) is 11.8. The molecule has 0 atom stereocenters. The molecule has 0 fully saturated rings. The molecule has 0 saturated carbocycles. The van der Waals surface area contributed by atoms with Crippen molar-refractivity contribution in [3.63, 3.8) is 0 Å². The number of hydrogen-bond donors (Lipinski definition) is 2. The van der Waals surface area contributed by atoms with Gasteiger partial charge in [0.25, 0.3) is 5.91 Å². The van der Waals surface area contributed by atoms with Crippen molar-refractivity contribution in [2.24, 2.45) is 0 Å². The lowest BCUT2D eigenvalue weighted by atomic mass is 10.4. The molecular weight excluding hydrogens is 208 g/mol. The predicted octanol–water partition coefficient (Wildman–Crippen LogP) is -0.267. The van der Waals surface area contributed by atoms with Crippen molar-refractivity contribution in [2.45, 2.75) is 13.3 Å². The van der Waals surface area contributed by atoms with Crippen LogP contribution in [0.3, 0.4) is 0 Å². The molecule has 1 aromatic rings. The molecule has 6 heteroatoms. The highest BCUT2D eigenvalue weighted by atomic mass is 16.2. The molecule has 0 aromatic carbocycles. The minimum absolute atomic E-state index is 0.0462. The summed E-state index contributed by atoms with van der Waals surface area (Å²) in [5, 5.41) is 5.10. The van der Waals surface area contributed by atoms with Gasteiger partial charge in [0, 0.05) is 18.9 Å². The van der Waals surface area contributed by atoms with Crippen LogP contribution in [0.15, 0.2) is 18.6 Å². The van der Waals surface area contributed by atoms with E-state index in [0.717, 1.165) is 6.42 Å². The molecule has 2 amide bonds. The average molecular weight is 222 g/mol. The van der Waals surface area contributed by atoms with Crippen LogP contribution in [0.2, 0.25) is 0 Å². The van der Waals surface area contributed by atoms with Crippen molar-refractivity contribution in [3.8, 4) is 0 Å². The number of carbonyl (C=O) groups excluding carboxylic acids is 2. The van der Waals surface area contributed by atoms with Crippen molar-refractivity contribution >= 4 is 11.8 Å². The molecule has 86 valence electrons. The Hall–Kier alpha value is -1.98. The summed E-state index contributed by atoms with van der Waals surface area (Å²) in [4.78, 5) is 30.2. The molecule has 0 bridgehead atoms. The van der Waals surface area contributed by atoms with Crippen LogP contribution in [0.4, 0.5) is 0 Å². The molecule has 16 heavy (non-hydrogen) atoms. The Labute approximate surface area is 93.5 Å². The van der Waals surface area contributed by atoms with Gasteiger partial charge in [0.1, 0.15) is 5.69 Å². The highest BCUT2D eigenvalue weighted by molar-refractivity contribution is 5.94. The van der Waals surface area contributed by atoms with E-state index in [1.807, 2.05) is 6.92 Å². The predicted molar refractivity (Wildman–Crippen MR) is 57.7 cm³/mol. The fourth-order valence-corrected chi connectivity index (χ4v) is 0.994. The van der Waals surface area contributed by atoms with Gasteiger partial charge in [-0.1, -0.05) is 6.92 Å². The van der Waals surface area contributed by atoms with Crippen LogP contribution in [0.1, 0.15) is 23.8 Å². The molecular formula is C10H14N4O2. The number of carbonyl (C=O) groups is 2. The molecule has 1 aromatic heterocycles. The quantitative estimate of drug-likeness (QED) is 0.718. The molecule has 1 rings (SSSR count). The fraction of sp³-hybridized carbons (Fsp3) is 0.400. The summed E-state index contributed by atoms with van der Waals surface area (Å²) >= 11 is 0. The second kappa shape index (κ2) is 6.49. The van der Waals surface area contributed by atoms with Gasteiger partial charge in [-0.25, -0.2) is 4.98 Å². The van der Waals surface area contributed by atoms with Gasteiger partial charge in [0.05, 0.1) is 12.7 Å². The zero-order valence-electron chi connectivity index (χ0n) is 9.06. The van der Waals surface area contributed by atoms with E-state index in [0.29, 0.717) is 6.54 Å². The van der Waals surface area contributed by atoms with E-state index < -0.39 is 5.91 Å². The lowest BCUT2D eigenvalue weighted by Gasteiger charge is -2.04. The first kappa shape index (κ1) is 12.1. The molecule has 0 aliphatic heterocycles. The monoisotopic (exact) mass is 222 g/mol. The summed E-state index contributed by atoms with van der Waals surface area (Å²) < 4.78 is 0. The Morgan fingerprint density at radius 1 is 1.31 bits per heavy atom. The summed E-state index contributed by atoms with van der Waals surface area (Å²) in [5.74, 6) is -0.612. The molecule has 0 saturated heterocycles. The van der Waals surface area contributed by atoms with E-state index >= 15 is 0 Å². The number of amides is 2. The highest BCUT2D eigenvalue weighted by Gasteiger charge is 2.08. The van der Waals surface area contributed by atoms with Gasteiger partial charge in [0.2, 0.25) is 5.91 Å². The third-order valence-corrected chi connectivity index (χ3v) is 1.78. The SMILES string of the molecule is CCCNC(=O)CNC(=O)c1cnccn1. The Morgan fingerprint density at radius 2 is 2.12 bits per heavy atom. The van der Waals surface area contributed by atoms with Crippen LogP contribution in [0, 0.1) is 0 Å². The minimum Gasteiger partial charge on any atom is -0.355 e. The Kier molecular flexibility index (Phi) is 4.91. The second-order valence-corrected chi connectivity index (χ2v) is 3.12. The van der Waals surface area contributed by atoms with Crippen LogP contribution in [-0.4, -0.2) is 34.9 Å². The molecule has 0 unspecified atom stereocenters. The Morgan fingerprint density at radius 3 is 2.75 bits per heavy atom. The number of hydrogen-bond acceptors (Lipinski definition) is 4. The van der Waals surface area contributed by atoms with Gasteiger partial charge in [-0.05, 0) is 6.42 Å². The van der Waals surface area contributed by atoms with Gasteiger partial charge >= 0.3 is 0 Å². The Bertz CT molecular complexity index is 353. The highest BCUT2D eigenvalue weighted by Crippen LogP contribution is 1.88. The fourth-order valence-electron chi connectivity index (χ4n) is 0.994. The van der Waals surface area contributed by atoms with E-state index in [4.69, 9.17) is 0 Å². The summed E-state index contributed by atoms with van der Waals surface area (Å²) in [6, 6.07) is 0. The van der Waals surface area contributed by atoms with Gasteiger partial charge in [0.15, 0.2) is 0 Å². The molecule has 0 spiro atoms. The first-order valence-electron chi connectivity index (χ1n) is 5.05. The normalized spacial score (nSPS) is 9.56. The average Bonchev–Trinajstić information content (AvgIpc) is 2.34. The third-order valence-electron chi connectivity index (χ3n) is 1.78. The third kappa shape index (κ3) is 4.04. The van der Waals surface area contributed by atoms with Crippen molar-refractivity contribution in [2.75, 3.05) is 13.1 Å². The van der Waals surface area contributed by atoms with E-state index in [9.17, 15) is 9.59 Å². The maximum atomic E-state index is 11.4. The molecule has 2 N–H and O–H groups in total. The number of nitrogens with zero attached hydrogens (tertiary/aromatic N) is 2. The smallest absolute Gasteiger partial charge is 0.271 e.